The number of hydrogen-bond donors (Lipinski definition) is 1. The van der Waals surface area contributed by atoms with Gasteiger partial charge in [0, 0.05) is 30.4 Å². The van der Waals surface area contributed by atoms with Crippen LogP contribution in [0.5, 0.6) is 0 Å². The molecular weight excluding hydrogens is 330 g/mol. The van der Waals surface area contributed by atoms with Crippen molar-refractivity contribution in [2.45, 2.75) is 25.0 Å². The molecule has 0 unspecified atom stereocenters. The van der Waals surface area contributed by atoms with Crippen LogP contribution < -0.4 is 0 Å². The Morgan fingerprint density at radius 2 is 1.80 bits per heavy atom. The lowest BCUT2D eigenvalue weighted by molar-refractivity contribution is -0.0287. The van der Waals surface area contributed by atoms with E-state index in [0.717, 1.165) is 36.6 Å². The number of nitrogens with zero attached hydrogens (tertiary/aromatic N) is 3. The van der Waals surface area contributed by atoms with Crippen LogP contribution in [0.25, 0.3) is 21.1 Å². The highest BCUT2D eigenvalue weighted by Crippen LogP contribution is 2.34. The van der Waals surface area contributed by atoms with E-state index in [1.807, 2.05) is 18.5 Å². The summed E-state index contributed by atoms with van der Waals surface area (Å²) in [5.41, 5.74) is 0.590. The van der Waals surface area contributed by atoms with Gasteiger partial charge in [-0.25, -0.2) is 4.98 Å². The van der Waals surface area contributed by atoms with Gasteiger partial charge in [-0.1, -0.05) is 30.3 Å². The molecule has 130 valence electrons. The topological polar surface area (TPSA) is 41.3 Å². The maximum Gasteiger partial charge on any atom is 0.150 e. The summed E-state index contributed by atoms with van der Waals surface area (Å²) in [6, 6.07) is 14.7. The molecule has 0 atom stereocenters. The summed E-state index contributed by atoms with van der Waals surface area (Å²) in [5.74, 6) is 0.944. The van der Waals surface area contributed by atoms with Crippen molar-refractivity contribution >= 4 is 11.3 Å². The molecule has 1 aromatic carbocycles. The highest BCUT2D eigenvalue weighted by atomic mass is 32.1. The molecule has 1 saturated heterocycles. The predicted molar refractivity (Wildman–Crippen MR) is 103 cm³/mol. The van der Waals surface area contributed by atoms with Gasteiger partial charge < -0.3 is 14.6 Å². The average Bonchev–Trinajstić information content (AvgIpc) is 3.28. The van der Waals surface area contributed by atoms with Crippen LogP contribution in [-0.4, -0.2) is 45.3 Å². The average molecular weight is 353 g/mol. The molecule has 25 heavy (non-hydrogen) atoms. The second kappa shape index (κ2) is 6.75. The van der Waals surface area contributed by atoms with E-state index in [-0.39, 0.29) is 0 Å². The van der Waals surface area contributed by atoms with Gasteiger partial charge in [-0.2, -0.15) is 0 Å². The standard InChI is InChI=1S/C20H23N3OS/c1-22-12-9-20(24,10-13-22)15-23-14-11-21-19(23)18-8-7-17(25-18)16-5-3-2-4-6-16/h2-8,11,14,24H,9-10,12-13,15H2,1H3. The molecular formula is C20H23N3OS. The van der Waals surface area contributed by atoms with E-state index < -0.39 is 5.60 Å². The minimum atomic E-state index is -0.637. The highest BCUT2D eigenvalue weighted by Gasteiger charge is 2.32. The van der Waals surface area contributed by atoms with Gasteiger partial charge in [0.15, 0.2) is 0 Å². The Bertz CT molecular complexity index is 832. The first-order chi connectivity index (χ1) is 12.1. The van der Waals surface area contributed by atoms with Crippen molar-refractivity contribution < 1.29 is 5.11 Å². The number of hydrogen-bond acceptors (Lipinski definition) is 4. The number of thiophene rings is 1. The quantitative estimate of drug-likeness (QED) is 0.777. The van der Waals surface area contributed by atoms with E-state index in [2.05, 4.69) is 57.9 Å². The maximum absolute atomic E-state index is 10.9. The molecule has 1 N–H and O–H groups in total. The van der Waals surface area contributed by atoms with Crippen molar-refractivity contribution in [3.05, 3.63) is 54.9 Å². The molecule has 1 fully saturated rings. The maximum atomic E-state index is 10.9. The normalized spacial score (nSPS) is 17.7. The number of likely N-dealkylation sites (tertiary alicyclic amines) is 1. The molecule has 4 rings (SSSR count). The summed E-state index contributed by atoms with van der Waals surface area (Å²) in [5, 5.41) is 10.9. The Kier molecular flexibility index (Phi) is 4.46. The molecule has 0 saturated carbocycles. The Morgan fingerprint density at radius 1 is 1.08 bits per heavy atom. The molecule has 5 heteroatoms. The fraction of sp³-hybridized carbons (Fsp3) is 0.350. The number of piperidine rings is 1. The van der Waals surface area contributed by atoms with Crippen molar-refractivity contribution in [2.24, 2.45) is 0 Å². The van der Waals surface area contributed by atoms with E-state index in [1.54, 1.807) is 11.3 Å². The van der Waals surface area contributed by atoms with Crippen LogP contribution in [-0.2, 0) is 6.54 Å². The zero-order valence-electron chi connectivity index (χ0n) is 14.4. The molecule has 2 aromatic heterocycles. The minimum absolute atomic E-state index is 0.606. The largest absolute Gasteiger partial charge is 0.388 e. The van der Waals surface area contributed by atoms with Crippen molar-refractivity contribution in [1.29, 1.82) is 0 Å². The lowest BCUT2D eigenvalue weighted by Crippen LogP contribution is -2.45. The van der Waals surface area contributed by atoms with E-state index in [0.29, 0.717) is 6.54 Å². The van der Waals surface area contributed by atoms with E-state index in [1.165, 1.54) is 10.4 Å². The van der Waals surface area contributed by atoms with Crippen LogP contribution in [0.4, 0.5) is 0 Å². The molecule has 0 amide bonds. The molecule has 3 heterocycles. The number of rotatable bonds is 4. The summed E-state index contributed by atoms with van der Waals surface area (Å²) in [6.07, 6.45) is 5.42. The van der Waals surface area contributed by atoms with Gasteiger partial charge in [-0.05, 0) is 37.6 Å². The molecule has 0 radical (unpaired) electrons. The molecule has 0 bridgehead atoms. The van der Waals surface area contributed by atoms with Gasteiger partial charge in [-0.15, -0.1) is 11.3 Å². The van der Waals surface area contributed by atoms with Crippen molar-refractivity contribution in [3.8, 4) is 21.1 Å². The van der Waals surface area contributed by atoms with E-state index in [9.17, 15) is 5.11 Å². The third-order valence-electron chi connectivity index (χ3n) is 4.98. The summed E-state index contributed by atoms with van der Waals surface area (Å²) in [6.45, 7) is 2.49. The Hall–Kier alpha value is -1.95. The van der Waals surface area contributed by atoms with Gasteiger partial charge >= 0.3 is 0 Å². The minimum Gasteiger partial charge on any atom is -0.388 e. The zero-order chi connectivity index (χ0) is 17.3. The van der Waals surface area contributed by atoms with Crippen LogP contribution in [0.3, 0.4) is 0 Å². The van der Waals surface area contributed by atoms with Crippen LogP contribution in [0.1, 0.15) is 12.8 Å². The van der Waals surface area contributed by atoms with Crippen LogP contribution in [0, 0.1) is 0 Å². The van der Waals surface area contributed by atoms with Gasteiger partial charge in [0.2, 0.25) is 0 Å². The fourth-order valence-corrected chi connectivity index (χ4v) is 4.41. The van der Waals surface area contributed by atoms with Crippen molar-refractivity contribution in [1.82, 2.24) is 14.5 Å². The second-order valence-corrected chi connectivity index (χ2v) is 8.02. The van der Waals surface area contributed by atoms with E-state index >= 15 is 0 Å². The Morgan fingerprint density at radius 3 is 2.56 bits per heavy atom. The predicted octanol–water partition coefficient (Wildman–Crippen LogP) is 3.74. The molecule has 0 aliphatic carbocycles. The van der Waals surface area contributed by atoms with E-state index in [4.69, 9.17) is 0 Å². The Balaban J connectivity index is 1.57. The second-order valence-electron chi connectivity index (χ2n) is 6.94. The van der Waals surface area contributed by atoms with Crippen molar-refractivity contribution in [3.63, 3.8) is 0 Å². The Labute approximate surface area is 152 Å². The first-order valence-electron chi connectivity index (χ1n) is 8.71. The number of aliphatic hydroxyl groups is 1. The van der Waals surface area contributed by atoms with Gasteiger partial charge in [0.05, 0.1) is 17.0 Å². The number of imidazole rings is 1. The van der Waals surface area contributed by atoms with Gasteiger partial charge in [-0.3, -0.25) is 0 Å². The van der Waals surface area contributed by atoms with Crippen molar-refractivity contribution in [2.75, 3.05) is 20.1 Å². The van der Waals surface area contributed by atoms with Gasteiger partial charge in [0.25, 0.3) is 0 Å². The summed E-state index contributed by atoms with van der Waals surface area (Å²) < 4.78 is 2.10. The smallest absolute Gasteiger partial charge is 0.150 e. The number of benzene rings is 1. The van der Waals surface area contributed by atoms with Gasteiger partial charge in [0.1, 0.15) is 5.82 Å². The monoisotopic (exact) mass is 353 g/mol. The van der Waals surface area contributed by atoms with Crippen LogP contribution in [0.15, 0.2) is 54.9 Å². The fourth-order valence-electron chi connectivity index (χ4n) is 3.39. The number of aromatic nitrogens is 2. The van der Waals surface area contributed by atoms with Crippen LogP contribution >= 0.6 is 11.3 Å². The zero-order valence-corrected chi connectivity index (χ0v) is 15.2. The third kappa shape index (κ3) is 3.54. The summed E-state index contributed by atoms with van der Waals surface area (Å²) >= 11 is 1.75. The molecule has 4 nitrogen and oxygen atoms in total. The SMILES string of the molecule is CN1CCC(O)(Cn2ccnc2-c2ccc(-c3ccccc3)s2)CC1. The molecule has 1 aliphatic rings. The lowest BCUT2D eigenvalue weighted by Gasteiger charge is -2.36. The first-order valence-corrected chi connectivity index (χ1v) is 9.52. The summed E-state index contributed by atoms with van der Waals surface area (Å²) in [4.78, 5) is 9.21. The van der Waals surface area contributed by atoms with Crippen LogP contribution in [0.2, 0.25) is 0 Å². The lowest BCUT2D eigenvalue weighted by atomic mass is 9.91. The summed E-state index contributed by atoms with van der Waals surface area (Å²) in [7, 11) is 2.11. The first kappa shape index (κ1) is 16.5. The molecule has 3 aromatic rings. The molecule has 0 spiro atoms. The highest BCUT2D eigenvalue weighted by molar-refractivity contribution is 7.18. The molecule has 1 aliphatic heterocycles. The third-order valence-corrected chi connectivity index (χ3v) is 6.11.